The van der Waals surface area contributed by atoms with E-state index in [1.54, 1.807) is 0 Å². The number of hydrogen-bond donors (Lipinski definition) is 1. The van der Waals surface area contributed by atoms with E-state index in [9.17, 15) is 0 Å². The van der Waals surface area contributed by atoms with E-state index in [1.165, 1.54) is 38.6 Å². The monoisotopic (exact) mass is 181 g/mol. The van der Waals surface area contributed by atoms with Gasteiger partial charge in [-0.15, -0.1) is 0 Å². The Bertz CT molecular complexity index is 189. The standard InChI is InChI=1S/C11H19NO/c1-4-11(5-1)8-12-10(11)9-2-6-13-7-3-9/h9-10,12H,1-8H2/t10-/m1/s1. The minimum absolute atomic E-state index is 0.752. The fourth-order valence-electron chi connectivity index (χ4n) is 3.34. The number of nitrogens with one attached hydrogen (secondary N) is 1. The highest BCUT2D eigenvalue weighted by Crippen LogP contribution is 2.51. The maximum absolute atomic E-state index is 5.41. The molecule has 0 amide bonds. The molecule has 2 aliphatic heterocycles. The Labute approximate surface area is 80.0 Å². The third-order valence-electron chi connectivity index (χ3n) is 4.42. The van der Waals surface area contributed by atoms with E-state index in [0.717, 1.165) is 30.6 Å². The number of hydrogen-bond acceptors (Lipinski definition) is 2. The first-order valence-corrected chi connectivity index (χ1v) is 5.72. The Morgan fingerprint density at radius 1 is 1.15 bits per heavy atom. The van der Waals surface area contributed by atoms with Gasteiger partial charge in [-0.05, 0) is 37.0 Å². The Kier molecular flexibility index (Phi) is 1.88. The zero-order valence-electron chi connectivity index (χ0n) is 8.22. The third-order valence-corrected chi connectivity index (χ3v) is 4.42. The predicted molar refractivity (Wildman–Crippen MR) is 51.6 cm³/mol. The highest BCUT2D eigenvalue weighted by molar-refractivity contribution is 5.08. The van der Waals surface area contributed by atoms with Crippen molar-refractivity contribution in [3.8, 4) is 0 Å². The molecule has 3 fully saturated rings. The first kappa shape index (κ1) is 8.25. The lowest BCUT2D eigenvalue weighted by molar-refractivity contribution is -0.0621. The van der Waals surface area contributed by atoms with Crippen LogP contribution in [0.2, 0.25) is 0 Å². The van der Waals surface area contributed by atoms with E-state index < -0.39 is 0 Å². The van der Waals surface area contributed by atoms with Crippen LogP contribution in [0.5, 0.6) is 0 Å². The molecule has 1 atom stereocenters. The van der Waals surface area contributed by atoms with Gasteiger partial charge in [0.25, 0.3) is 0 Å². The summed E-state index contributed by atoms with van der Waals surface area (Å²) < 4.78 is 5.41. The maximum Gasteiger partial charge on any atom is 0.0469 e. The zero-order valence-corrected chi connectivity index (χ0v) is 8.22. The lowest BCUT2D eigenvalue weighted by Gasteiger charge is -2.59. The molecule has 0 radical (unpaired) electrons. The normalized spacial score (nSPS) is 38.3. The molecule has 0 aromatic carbocycles. The van der Waals surface area contributed by atoms with E-state index in [1.807, 2.05) is 0 Å². The molecule has 1 spiro atoms. The summed E-state index contributed by atoms with van der Waals surface area (Å²) in [6.07, 6.45) is 7.03. The molecule has 1 N–H and O–H groups in total. The summed E-state index contributed by atoms with van der Waals surface area (Å²) in [6, 6.07) is 0.852. The van der Waals surface area contributed by atoms with Crippen molar-refractivity contribution in [2.24, 2.45) is 11.3 Å². The average molecular weight is 181 g/mol. The zero-order chi connectivity index (χ0) is 8.73. The topological polar surface area (TPSA) is 21.3 Å². The van der Waals surface area contributed by atoms with Gasteiger partial charge in [0.15, 0.2) is 0 Å². The molecule has 2 heteroatoms. The summed E-state index contributed by atoms with van der Waals surface area (Å²) in [6.45, 7) is 3.30. The van der Waals surface area contributed by atoms with Crippen molar-refractivity contribution in [2.75, 3.05) is 19.8 Å². The summed E-state index contributed by atoms with van der Waals surface area (Å²) in [5.74, 6) is 0.919. The molecule has 13 heavy (non-hydrogen) atoms. The molecule has 0 aromatic rings. The summed E-state index contributed by atoms with van der Waals surface area (Å²) in [5.41, 5.74) is 0.752. The maximum atomic E-state index is 5.41. The number of ether oxygens (including phenoxy) is 1. The van der Waals surface area contributed by atoms with Crippen molar-refractivity contribution >= 4 is 0 Å². The SMILES string of the molecule is C1CC2(C1)CN[C@@H]2C1CCOCC1. The van der Waals surface area contributed by atoms with Gasteiger partial charge in [-0.1, -0.05) is 6.42 Å². The molecule has 74 valence electrons. The van der Waals surface area contributed by atoms with E-state index in [-0.39, 0.29) is 0 Å². The van der Waals surface area contributed by atoms with Gasteiger partial charge in [0.2, 0.25) is 0 Å². The molecule has 0 bridgehead atoms. The molecule has 0 unspecified atom stereocenters. The molecule has 1 aliphatic carbocycles. The lowest BCUT2D eigenvalue weighted by atomic mass is 9.55. The number of rotatable bonds is 1. The second-order valence-electron chi connectivity index (χ2n) is 5.02. The highest BCUT2D eigenvalue weighted by Gasteiger charge is 2.53. The van der Waals surface area contributed by atoms with Crippen LogP contribution in [-0.2, 0) is 4.74 Å². The first-order valence-electron chi connectivity index (χ1n) is 5.72. The van der Waals surface area contributed by atoms with Crippen LogP contribution in [0.1, 0.15) is 32.1 Å². The summed E-state index contributed by atoms with van der Waals surface area (Å²) in [4.78, 5) is 0. The summed E-state index contributed by atoms with van der Waals surface area (Å²) >= 11 is 0. The molecule has 2 nitrogen and oxygen atoms in total. The second kappa shape index (κ2) is 2.96. The van der Waals surface area contributed by atoms with E-state index in [2.05, 4.69) is 5.32 Å². The van der Waals surface area contributed by atoms with Gasteiger partial charge < -0.3 is 10.1 Å². The van der Waals surface area contributed by atoms with Crippen LogP contribution in [0.4, 0.5) is 0 Å². The van der Waals surface area contributed by atoms with Crippen LogP contribution in [0.3, 0.4) is 0 Å². The Balaban J connectivity index is 1.64. The van der Waals surface area contributed by atoms with Crippen LogP contribution in [-0.4, -0.2) is 25.8 Å². The fraction of sp³-hybridized carbons (Fsp3) is 1.00. The highest BCUT2D eigenvalue weighted by atomic mass is 16.5. The largest absolute Gasteiger partial charge is 0.381 e. The van der Waals surface area contributed by atoms with Crippen molar-refractivity contribution in [3.05, 3.63) is 0 Å². The summed E-state index contributed by atoms with van der Waals surface area (Å²) in [5, 5.41) is 3.65. The van der Waals surface area contributed by atoms with E-state index in [4.69, 9.17) is 4.74 Å². The van der Waals surface area contributed by atoms with Crippen LogP contribution >= 0.6 is 0 Å². The molecule has 2 heterocycles. The first-order chi connectivity index (χ1) is 6.41. The quantitative estimate of drug-likeness (QED) is 0.663. The second-order valence-corrected chi connectivity index (χ2v) is 5.02. The van der Waals surface area contributed by atoms with Gasteiger partial charge in [0, 0.05) is 25.8 Å². The van der Waals surface area contributed by atoms with Gasteiger partial charge in [0.1, 0.15) is 0 Å². The molecule has 3 rings (SSSR count). The van der Waals surface area contributed by atoms with Crippen molar-refractivity contribution in [1.82, 2.24) is 5.32 Å². The fourth-order valence-corrected chi connectivity index (χ4v) is 3.34. The molecule has 2 saturated heterocycles. The van der Waals surface area contributed by atoms with Crippen molar-refractivity contribution < 1.29 is 4.74 Å². The van der Waals surface area contributed by atoms with Gasteiger partial charge in [-0.3, -0.25) is 0 Å². The van der Waals surface area contributed by atoms with Crippen LogP contribution < -0.4 is 5.32 Å². The van der Waals surface area contributed by atoms with Crippen molar-refractivity contribution in [2.45, 2.75) is 38.1 Å². The molecule has 1 saturated carbocycles. The van der Waals surface area contributed by atoms with Crippen molar-refractivity contribution in [1.29, 1.82) is 0 Å². The Morgan fingerprint density at radius 2 is 1.92 bits per heavy atom. The molecular formula is C11H19NO. The van der Waals surface area contributed by atoms with Gasteiger partial charge in [0.05, 0.1) is 0 Å². The van der Waals surface area contributed by atoms with E-state index in [0.29, 0.717) is 0 Å². The molecule has 0 aromatic heterocycles. The molecular weight excluding hydrogens is 162 g/mol. The van der Waals surface area contributed by atoms with Crippen LogP contribution in [0, 0.1) is 11.3 Å². The van der Waals surface area contributed by atoms with Crippen LogP contribution in [0.25, 0.3) is 0 Å². The Morgan fingerprint density at radius 3 is 2.38 bits per heavy atom. The third kappa shape index (κ3) is 1.15. The predicted octanol–water partition coefficient (Wildman–Crippen LogP) is 1.56. The van der Waals surface area contributed by atoms with Crippen molar-refractivity contribution in [3.63, 3.8) is 0 Å². The van der Waals surface area contributed by atoms with Gasteiger partial charge in [-0.25, -0.2) is 0 Å². The lowest BCUT2D eigenvalue weighted by Crippen LogP contribution is -2.68. The van der Waals surface area contributed by atoms with Gasteiger partial charge in [-0.2, -0.15) is 0 Å². The van der Waals surface area contributed by atoms with E-state index >= 15 is 0 Å². The Hall–Kier alpha value is -0.0800. The minimum Gasteiger partial charge on any atom is -0.381 e. The summed E-state index contributed by atoms with van der Waals surface area (Å²) in [7, 11) is 0. The average Bonchev–Trinajstić information content (AvgIpc) is 2.01. The minimum atomic E-state index is 0.752. The smallest absolute Gasteiger partial charge is 0.0469 e. The van der Waals surface area contributed by atoms with Crippen LogP contribution in [0.15, 0.2) is 0 Å². The van der Waals surface area contributed by atoms with Gasteiger partial charge >= 0.3 is 0 Å². The molecule has 3 aliphatic rings.